The van der Waals surface area contributed by atoms with Gasteiger partial charge in [0.1, 0.15) is 11.3 Å². The SMILES string of the molecule is Cc1cc(N2CCN(c3nccn4nc(C)cc34)CC2)nc(N2CCCC2)n1. The van der Waals surface area contributed by atoms with Crippen LogP contribution in [0.25, 0.3) is 5.52 Å². The first-order chi connectivity index (χ1) is 13.7. The van der Waals surface area contributed by atoms with Crippen LogP contribution in [0.1, 0.15) is 24.2 Å². The molecule has 0 spiro atoms. The van der Waals surface area contributed by atoms with Crippen LogP contribution in [-0.2, 0) is 0 Å². The smallest absolute Gasteiger partial charge is 0.227 e. The molecule has 5 heterocycles. The molecule has 0 N–H and O–H groups in total. The summed E-state index contributed by atoms with van der Waals surface area (Å²) in [5.41, 5.74) is 3.12. The zero-order valence-corrected chi connectivity index (χ0v) is 16.5. The molecule has 3 aromatic heterocycles. The van der Waals surface area contributed by atoms with E-state index in [0.717, 1.165) is 73.8 Å². The monoisotopic (exact) mass is 378 g/mol. The molecule has 8 heteroatoms. The van der Waals surface area contributed by atoms with Gasteiger partial charge in [0.25, 0.3) is 0 Å². The molecule has 0 radical (unpaired) electrons. The summed E-state index contributed by atoms with van der Waals surface area (Å²) in [6, 6.07) is 4.21. The van der Waals surface area contributed by atoms with E-state index in [4.69, 9.17) is 4.98 Å². The predicted octanol–water partition coefficient (Wildman–Crippen LogP) is 2.06. The van der Waals surface area contributed by atoms with Crippen molar-refractivity contribution < 1.29 is 0 Å². The number of aromatic nitrogens is 5. The topological polar surface area (TPSA) is 65.7 Å². The quantitative estimate of drug-likeness (QED) is 0.691. The molecule has 0 aliphatic carbocycles. The largest absolute Gasteiger partial charge is 0.353 e. The normalized spacial score (nSPS) is 17.7. The third-order valence-electron chi connectivity index (χ3n) is 5.61. The second kappa shape index (κ2) is 6.92. The van der Waals surface area contributed by atoms with Gasteiger partial charge in [-0.15, -0.1) is 0 Å². The van der Waals surface area contributed by atoms with E-state index in [-0.39, 0.29) is 0 Å². The van der Waals surface area contributed by atoms with Crippen LogP contribution in [0, 0.1) is 13.8 Å². The van der Waals surface area contributed by atoms with Crippen LogP contribution < -0.4 is 14.7 Å². The lowest BCUT2D eigenvalue weighted by Gasteiger charge is -2.36. The fraction of sp³-hybridized carbons (Fsp3) is 0.500. The van der Waals surface area contributed by atoms with Gasteiger partial charge in [-0.3, -0.25) is 0 Å². The summed E-state index contributed by atoms with van der Waals surface area (Å²) in [6.45, 7) is 9.89. The first-order valence-electron chi connectivity index (χ1n) is 10.1. The molecule has 5 rings (SSSR count). The van der Waals surface area contributed by atoms with Gasteiger partial charge < -0.3 is 14.7 Å². The van der Waals surface area contributed by atoms with Crippen LogP contribution in [0.5, 0.6) is 0 Å². The highest BCUT2D eigenvalue weighted by Gasteiger charge is 2.23. The molecule has 0 aromatic carbocycles. The molecule has 2 saturated heterocycles. The van der Waals surface area contributed by atoms with E-state index in [2.05, 4.69) is 48.8 Å². The van der Waals surface area contributed by atoms with Crippen molar-refractivity contribution in [2.24, 2.45) is 0 Å². The molecule has 2 aliphatic rings. The zero-order chi connectivity index (χ0) is 19.1. The first kappa shape index (κ1) is 17.2. The highest BCUT2D eigenvalue weighted by molar-refractivity contribution is 5.69. The lowest BCUT2D eigenvalue weighted by atomic mass is 10.2. The number of anilines is 3. The van der Waals surface area contributed by atoms with Gasteiger partial charge in [0.15, 0.2) is 5.82 Å². The fourth-order valence-electron chi connectivity index (χ4n) is 4.18. The van der Waals surface area contributed by atoms with E-state index in [1.807, 2.05) is 23.8 Å². The molecule has 8 nitrogen and oxygen atoms in total. The van der Waals surface area contributed by atoms with Gasteiger partial charge in [-0.05, 0) is 32.8 Å². The second-order valence-corrected chi connectivity index (χ2v) is 7.70. The number of piperazine rings is 1. The van der Waals surface area contributed by atoms with Crippen molar-refractivity contribution >= 4 is 23.1 Å². The van der Waals surface area contributed by atoms with E-state index in [0.29, 0.717) is 0 Å². The third kappa shape index (κ3) is 3.12. The molecule has 0 amide bonds. The summed E-state index contributed by atoms with van der Waals surface area (Å²) in [5.74, 6) is 2.94. The van der Waals surface area contributed by atoms with E-state index >= 15 is 0 Å². The molecule has 3 aromatic rings. The predicted molar refractivity (Wildman–Crippen MR) is 110 cm³/mol. The second-order valence-electron chi connectivity index (χ2n) is 7.70. The van der Waals surface area contributed by atoms with Gasteiger partial charge in [0, 0.05) is 63.4 Å². The Morgan fingerprint density at radius 2 is 1.54 bits per heavy atom. The lowest BCUT2D eigenvalue weighted by molar-refractivity contribution is 0.640. The van der Waals surface area contributed by atoms with E-state index < -0.39 is 0 Å². The molecule has 0 unspecified atom stereocenters. The first-order valence-corrected chi connectivity index (χ1v) is 10.1. The molecular formula is C20H26N8. The van der Waals surface area contributed by atoms with Gasteiger partial charge in [-0.1, -0.05) is 0 Å². The molecule has 0 atom stereocenters. The highest BCUT2D eigenvalue weighted by atomic mass is 15.3. The maximum absolute atomic E-state index is 4.88. The van der Waals surface area contributed by atoms with Gasteiger partial charge in [-0.25, -0.2) is 14.5 Å². The molecule has 2 fully saturated rings. The Bertz CT molecular complexity index is 983. The third-order valence-corrected chi connectivity index (χ3v) is 5.61. The van der Waals surface area contributed by atoms with Crippen molar-refractivity contribution in [3.8, 4) is 0 Å². The number of hydrogen-bond donors (Lipinski definition) is 0. The Kier molecular flexibility index (Phi) is 4.26. The van der Waals surface area contributed by atoms with Crippen molar-refractivity contribution in [1.82, 2.24) is 24.6 Å². The minimum atomic E-state index is 0.885. The van der Waals surface area contributed by atoms with Crippen LogP contribution in [0.4, 0.5) is 17.6 Å². The summed E-state index contributed by atoms with van der Waals surface area (Å²) in [7, 11) is 0. The van der Waals surface area contributed by atoms with Crippen LogP contribution in [0.2, 0.25) is 0 Å². The maximum Gasteiger partial charge on any atom is 0.227 e. The van der Waals surface area contributed by atoms with Crippen molar-refractivity contribution in [1.29, 1.82) is 0 Å². The Hall–Kier alpha value is -2.90. The number of nitrogens with zero attached hydrogens (tertiary/aromatic N) is 8. The Labute approximate surface area is 164 Å². The van der Waals surface area contributed by atoms with Crippen LogP contribution in [0.3, 0.4) is 0 Å². The van der Waals surface area contributed by atoms with Crippen molar-refractivity contribution in [2.45, 2.75) is 26.7 Å². The maximum atomic E-state index is 4.88. The number of rotatable bonds is 3. The summed E-state index contributed by atoms with van der Waals surface area (Å²) >= 11 is 0. The fourth-order valence-corrected chi connectivity index (χ4v) is 4.18. The molecule has 0 bridgehead atoms. The minimum Gasteiger partial charge on any atom is -0.353 e. The molecule has 146 valence electrons. The van der Waals surface area contributed by atoms with Crippen LogP contribution in [-0.4, -0.2) is 63.8 Å². The number of fused-ring (bicyclic) bond motifs is 1. The highest BCUT2D eigenvalue weighted by Crippen LogP contribution is 2.24. The van der Waals surface area contributed by atoms with E-state index in [9.17, 15) is 0 Å². The van der Waals surface area contributed by atoms with Crippen molar-refractivity contribution in [3.63, 3.8) is 0 Å². The molecule has 0 saturated carbocycles. The average Bonchev–Trinajstić information content (AvgIpc) is 3.36. The van der Waals surface area contributed by atoms with Crippen molar-refractivity contribution in [2.75, 3.05) is 54.0 Å². The van der Waals surface area contributed by atoms with Gasteiger partial charge in [0.2, 0.25) is 5.95 Å². The van der Waals surface area contributed by atoms with E-state index in [1.54, 1.807) is 0 Å². The number of aryl methyl sites for hydroxylation is 2. The number of hydrogen-bond acceptors (Lipinski definition) is 7. The Morgan fingerprint density at radius 1 is 0.786 bits per heavy atom. The summed E-state index contributed by atoms with van der Waals surface area (Å²) in [6.07, 6.45) is 6.21. The van der Waals surface area contributed by atoms with Gasteiger partial charge >= 0.3 is 0 Å². The standard InChI is InChI=1S/C20H26N8/c1-15-14-18(23-20(22-15)27-6-3-4-7-27)25-9-11-26(12-10-25)19-17-13-16(2)24-28(17)8-5-21-19/h5,8,13-14H,3-4,6-7,9-12H2,1-2H3. The molecule has 2 aliphatic heterocycles. The van der Waals surface area contributed by atoms with E-state index in [1.165, 1.54) is 12.8 Å². The summed E-state index contributed by atoms with van der Waals surface area (Å²) in [4.78, 5) is 21.2. The Morgan fingerprint density at radius 3 is 2.32 bits per heavy atom. The lowest BCUT2D eigenvalue weighted by Crippen LogP contribution is -2.47. The summed E-state index contributed by atoms with van der Waals surface area (Å²) in [5, 5.41) is 4.51. The summed E-state index contributed by atoms with van der Waals surface area (Å²) < 4.78 is 1.92. The Balaban J connectivity index is 1.34. The van der Waals surface area contributed by atoms with Crippen molar-refractivity contribution in [3.05, 3.63) is 35.9 Å². The van der Waals surface area contributed by atoms with Gasteiger partial charge in [-0.2, -0.15) is 10.1 Å². The molecule has 28 heavy (non-hydrogen) atoms. The average molecular weight is 378 g/mol. The molecular weight excluding hydrogens is 352 g/mol. The van der Waals surface area contributed by atoms with Crippen LogP contribution >= 0.6 is 0 Å². The van der Waals surface area contributed by atoms with Gasteiger partial charge in [0.05, 0.1) is 5.69 Å². The van der Waals surface area contributed by atoms with Crippen LogP contribution in [0.15, 0.2) is 24.5 Å². The zero-order valence-electron chi connectivity index (χ0n) is 16.5. The minimum absolute atomic E-state index is 0.885.